The summed E-state index contributed by atoms with van der Waals surface area (Å²) in [5, 5.41) is 0. The van der Waals surface area contributed by atoms with E-state index in [0.717, 1.165) is 0 Å². The van der Waals surface area contributed by atoms with Gasteiger partial charge >= 0.3 is 0 Å². The molecule has 0 fully saturated rings. The molecule has 0 aromatic carbocycles. The third-order valence-electron chi connectivity index (χ3n) is 2.44. The first-order valence-electron chi connectivity index (χ1n) is 5.35. The molecular weight excluding hydrogens is 215 g/mol. The Kier molecular flexibility index (Phi) is 7.69. The van der Waals surface area contributed by atoms with E-state index in [-0.39, 0.29) is 80.5 Å². The van der Waals surface area contributed by atoms with Crippen LogP contribution < -0.4 is 0 Å². The van der Waals surface area contributed by atoms with Crippen molar-refractivity contribution in [2.24, 2.45) is 0 Å². The molecule has 4 nitrogen and oxygen atoms in total. The smallest absolute Gasteiger partial charge is 0.156 e. The van der Waals surface area contributed by atoms with E-state index in [2.05, 4.69) is 0 Å². The molecular formula is C12H14LiO4. The zero-order chi connectivity index (χ0) is 12.0. The number of ketones is 4. The largest absolute Gasteiger partial charge is 0.300 e. The van der Waals surface area contributed by atoms with Gasteiger partial charge in [0.2, 0.25) is 0 Å². The summed E-state index contributed by atoms with van der Waals surface area (Å²) in [5.74, 6) is -0.564. The molecule has 0 bridgehead atoms. The molecule has 0 saturated heterocycles. The van der Waals surface area contributed by atoms with Crippen LogP contribution in [-0.2, 0) is 19.2 Å². The molecule has 1 radical (unpaired) electrons. The minimum atomic E-state index is -0.214. The van der Waals surface area contributed by atoms with Crippen molar-refractivity contribution in [1.82, 2.24) is 0 Å². The second-order valence-electron chi connectivity index (χ2n) is 3.84. The first-order chi connectivity index (χ1) is 7.58. The van der Waals surface area contributed by atoms with Crippen molar-refractivity contribution < 1.29 is 19.2 Å². The summed E-state index contributed by atoms with van der Waals surface area (Å²) in [7, 11) is 0. The quantitative estimate of drug-likeness (QED) is 0.576. The van der Waals surface area contributed by atoms with Gasteiger partial charge in [-0.15, -0.1) is 0 Å². The Labute approximate surface area is 112 Å². The number of carbonyl (C=O) groups excluding carboxylic acids is 4. The molecule has 87 valence electrons. The van der Waals surface area contributed by atoms with Crippen LogP contribution in [0.3, 0.4) is 0 Å². The van der Waals surface area contributed by atoms with Crippen molar-refractivity contribution in [3.63, 3.8) is 0 Å². The van der Waals surface area contributed by atoms with Gasteiger partial charge in [-0.2, -0.15) is 0 Å². The molecule has 0 spiro atoms. The van der Waals surface area contributed by atoms with E-state index in [0.29, 0.717) is 0 Å². The predicted octanol–water partition coefficient (Wildman–Crippen LogP) is 0.792. The van der Waals surface area contributed by atoms with Gasteiger partial charge in [0.05, 0.1) is 0 Å². The molecule has 5 heteroatoms. The van der Waals surface area contributed by atoms with Crippen molar-refractivity contribution in [1.29, 1.82) is 0 Å². The average Bonchev–Trinajstić information content (AvgIpc) is 2.27. The Bertz CT molecular complexity index is 324. The number of hydrogen-bond donors (Lipinski definition) is 0. The van der Waals surface area contributed by atoms with Crippen molar-refractivity contribution in [3.05, 3.63) is 12.2 Å². The molecule has 0 amide bonds. The molecule has 0 aromatic rings. The minimum absolute atomic E-state index is 0. The summed E-state index contributed by atoms with van der Waals surface area (Å²) in [6.07, 6.45) is 3.32. The van der Waals surface area contributed by atoms with Crippen LogP contribution in [0.15, 0.2) is 12.2 Å². The molecule has 0 aromatic heterocycles. The van der Waals surface area contributed by atoms with E-state index in [9.17, 15) is 19.2 Å². The molecule has 0 atom stereocenters. The van der Waals surface area contributed by atoms with Gasteiger partial charge in [0.25, 0.3) is 0 Å². The molecule has 17 heavy (non-hydrogen) atoms. The average molecular weight is 229 g/mol. The summed E-state index contributed by atoms with van der Waals surface area (Å²) < 4.78 is 0. The third kappa shape index (κ3) is 7.04. The van der Waals surface area contributed by atoms with Crippen LogP contribution in [0.1, 0.15) is 38.5 Å². The number of rotatable bonds is 0. The van der Waals surface area contributed by atoms with E-state index in [1.54, 1.807) is 0 Å². The molecule has 0 N–H and O–H groups in total. The number of carbonyl (C=O) groups is 4. The Balaban J connectivity index is 0.00000256. The van der Waals surface area contributed by atoms with Crippen LogP contribution >= 0.6 is 0 Å². The van der Waals surface area contributed by atoms with Crippen molar-refractivity contribution in [2.45, 2.75) is 38.5 Å². The van der Waals surface area contributed by atoms with Crippen molar-refractivity contribution in [2.75, 3.05) is 0 Å². The Morgan fingerprint density at radius 3 is 1.24 bits per heavy atom. The Morgan fingerprint density at radius 1 is 0.588 bits per heavy atom. The van der Waals surface area contributed by atoms with Crippen LogP contribution in [-0.4, -0.2) is 42.0 Å². The van der Waals surface area contributed by atoms with Crippen LogP contribution in [0.25, 0.3) is 0 Å². The maximum absolute atomic E-state index is 11.3. The van der Waals surface area contributed by atoms with Gasteiger partial charge < -0.3 is 0 Å². The van der Waals surface area contributed by atoms with E-state index < -0.39 is 0 Å². The van der Waals surface area contributed by atoms with Gasteiger partial charge in [-0.3, -0.25) is 19.2 Å². The molecule has 0 aliphatic heterocycles. The van der Waals surface area contributed by atoms with E-state index in [1.807, 2.05) is 0 Å². The standard InChI is InChI=1S/C12H14O4.Li/c13-9-1-2-10(14)5-6-12(16)8-7-11(15)4-3-9;/h1-2H,3-8H2;/b2-1-;. The second kappa shape index (κ2) is 8.16. The van der Waals surface area contributed by atoms with Crippen LogP contribution in [0.2, 0.25) is 0 Å². The summed E-state index contributed by atoms with van der Waals surface area (Å²) in [4.78, 5) is 44.9. The van der Waals surface area contributed by atoms with Gasteiger partial charge in [0.15, 0.2) is 11.6 Å². The van der Waals surface area contributed by atoms with Gasteiger partial charge in [-0.05, 0) is 12.2 Å². The maximum Gasteiger partial charge on any atom is 0.156 e. The van der Waals surface area contributed by atoms with Crippen LogP contribution in [0.4, 0.5) is 0 Å². The fourth-order valence-corrected chi connectivity index (χ4v) is 1.41. The van der Waals surface area contributed by atoms with Crippen molar-refractivity contribution in [3.8, 4) is 0 Å². The Hall–Kier alpha value is -0.983. The van der Waals surface area contributed by atoms with Gasteiger partial charge in [0, 0.05) is 57.4 Å². The van der Waals surface area contributed by atoms with E-state index >= 15 is 0 Å². The number of hydrogen-bond acceptors (Lipinski definition) is 4. The maximum atomic E-state index is 11.3. The number of allylic oxidation sites excluding steroid dienone is 2. The third-order valence-corrected chi connectivity index (χ3v) is 2.44. The summed E-state index contributed by atoms with van der Waals surface area (Å²) in [5.41, 5.74) is 0. The van der Waals surface area contributed by atoms with Crippen molar-refractivity contribution >= 4 is 42.0 Å². The van der Waals surface area contributed by atoms with Gasteiger partial charge in [-0.1, -0.05) is 0 Å². The summed E-state index contributed by atoms with van der Waals surface area (Å²) in [6, 6.07) is 0. The van der Waals surface area contributed by atoms with Crippen LogP contribution in [0, 0.1) is 0 Å². The topological polar surface area (TPSA) is 68.3 Å². The normalized spacial score (nSPS) is 21.2. The molecule has 0 heterocycles. The Morgan fingerprint density at radius 2 is 0.882 bits per heavy atom. The molecule has 0 unspecified atom stereocenters. The monoisotopic (exact) mass is 229 g/mol. The minimum Gasteiger partial charge on any atom is -0.300 e. The first kappa shape index (κ1) is 16.0. The molecule has 1 aliphatic carbocycles. The second-order valence-corrected chi connectivity index (χ2v) is 3.84. The summed E-state index contributed by atoms with van der Waals surface area (Å²) in [6.45, 7) is 0. The predicted molar refractivity (Wildman–Crippen MR) is 62.6 cm³/mol. The fraction of sp³-hybridized carbons (Fsp3) is 0.500. The fourth-order valence-electron chi connectivity index (χ4n) is 1.41. The summed E-state index contributed by atoms with van der Waals surface area (Å²) >= 11 is 0. The van der Waals surface area contributed by atoms with E-state index in [1.165, 1.54) is 12.2 Å². The van der Waals surface area contributed by atoms with Gasteiger partial charge in [-0.25, -0.2) is 0 Å². The molecule has 0 saturated carbocycles. The SMILES string of the molecule is O=C1/C=C\C(=O)CCC(=O)CCC(=O)CC1.[Li]. The number of Topliss-reactive ketones (excluding diaryl/α,β-unsaturated/α-hetero) is 2. The first-order valence-corrected chi connectivity index (χ1v) is 5.35. The molecule has 1 aliphatic rings. The van der Waals surface area contributed by atoms with Crippen LogP contribution in [0.5, 0.6) is 0 Å². The zero-order valence-corrected chi connectivity index (χ0v) is 10.0. The zero-order valence-electron chi connectivity index (χ0n) is 10.0. The molecule has 1 rings (SSSR count). The van der Waals surface area contributed by atoms with E-state index in [4.69, 9.17) is 0 Å². The van der Waals surface area contributed by atoms with Gasteiger partial charge in [0.1, 0.15) is 11.6 Å².